The lowest BCUT2D eigenvalue weighted by Crippen LogP contribution is -2.02. The second-order valence-electron chi connectivity index (χ2n) is 5.65. The number of esters is 1. The van der Waals surface area contributed by atoms with Crippen molar-refractivity contribution in [2.24, 2.45) is 0 Å². The van der Waals surface area contributed by atoms with Gasteiger partial charge in [-0.1, -0.05) is 58.9 Å². The topological polar surface area (TPSA) is 69.4 Å². The van der Waals surface area contributed by atoms with Crippen molar-refractivity contribution < 1.29 is 14.5 Å². The van der Waals surface area contributed by atoms with Crippen molar-refractivity contribution in [3.63, 3.8) is 0 Å². The summed E-state index contributed by atoms with van der Waals surface area (Å²) in [6, 6.07) is 16.9. The average molecular weight is 466 g/mol. The lowest BCUT2D eigenvalue weighted by molar-refractivity contribution is -0.387. The molecule has 0 aliphatic carbocycles. The van der Waals surface area contributed by atoms with Crippen LogP contribution in [0.4, 0.5) is 5.69 Å². The Hall–Kier alpha value is -2.19. The molecule has 0 radical (unpaired) electrons. The van der Waals surface area contributed by atoms with Gasteiger partial charge >= 0.3 is 5.97 Å². The summed E-state index contributed by atoms with van der Waals surface area (Å²) in [5.41, 5.74) is 0.360. The minimum atomic E-state index is -0.464. The van der Waals surface area contributed by atoms with Crippen LogP contribution in [0.25, 0.3) is 0 Å². The molecule has 0 amide bonds. The molecule has 0 aliphatic rings. The van der Waals surface area contributed by atoms with Gasteiger partial charge in [0.15, 0.2) is 0 Å². The van der Waals surface area contributed by atoms with E-state index < -0.39 is 10.9 Å². The number of nitro benzene ring substituents is 1. The third-order valence-corrected chi connectivity index (χ3v) is 6.63. The Morgan fingerprint density at radius 1 is 0.931 bits per heavy atom. The van der Waals surface area contributed by atoms with Gasteiger partial charge in [0.05, 0.1) is 32.5 Å². The largest absolute Gasteiger partial charge is 0.465 e. The van der Waals surface area contributed by atoms with E-state index >= 15 is 0 Å². The van der Waals surface area contributed by atoms with Crippen LogP contribution in [0.3, 0.4) is 0 Å². The predicted molar refractivity (Wildman–Crippen MR) is 116 cm³/mol. The van der Waals surface area contributed by atoms with Crippen LogP contribution in [0.1, 0.15) is 10.4 Å². The summed E-state index contributed by atoms with van der Waals surface area (Å²) in [5.74, 6) is -0.464. The molecule has 0 aliphatic heterocycles. The van der Waals surface area contributed by atoms with Gasteiger partial charge in [-0.05, 0) is 42.5 Å². The summed E-state index contributed by atoms with van der Waals surface area (Å²) in [6.45, 7) is 0. The van der Waals surface area contributed by atoms with Crippen LogP contribution in [-0.4, -0.2) is 18.0 Å². The number of hydrogen-bond donors (Lipinski definition) is 0. The number of nitrogens with zero attached hydrogens (tertiary/aromatic N) is 1. The Kier molecular flexibility index (Phi) is 7.08. The molecule has 148 valence electrons. The quantitative estimate of drug-likeness (QED) is 0.222. The molecular formula is C20H13Cl2NO4S2. The molecule has 5 nitrogen and oxygen atoms in total. The van der Waals surface area contributed by atoms with Gasteiger partial charge in [-0.25, -0.2) is 4.79 Å². The van der Waals surface area contributed by atoms with Crippen molar-refractivity contribution in [2.75, 3.05) is 7.11 Å². The molecule has 3 rings (SSSR count). The van der Waals surface area contributed by atoms with Gasteiger partial charge in [0, 0.05) is 20.8 Å². The van der Waals surface area contributed by atoms with E-state index in [4.69, 9.17) is 27.9 Å². The van der Waals surface area contributed by atoms with Crippen LogP contribution in [-0.2, 0) is 4.74 Å². The number of carbonyl (C=O) groups excluding carboxylic acids is 1. The zero-order chi connectivity index (χ0) is 21.0. The first-order valence-corrected chi connectivity index (χ1v) is 10.5. The molecule has 0 bridgehead atoms. The zero-order valence-corrected chi connectivity index (χ0v) is 18.1. The third-order valence-electron chi connectivity index (χ3n) is 3.77. The highest BCUT2D eigenvalue weighted by molar-refractivity contribution is 8.00. The molecule has 9 heteroatoms. The molecular weight excluding hydrogens is 453 g/mol. The molecule has 0 aromatic heterocycles. The maximum Gasteiger partial charge on any atom is 0.339 e. The van der Waals surface area contributed by atoms with E-state index in [1.807, 2.05) is 0 Å². The van der Waals surface area contributed by atoms with Crippen LogP contribution >= 0.6 is 46.7 Å². The number of nitro groups is 1. The van der Waals surface area contributed by atoms with Gasteiger partial charge in [-0.2, -0.15) is 0 Å². The summed E-state index contributed by atoms with van der Waals surface area (Å²) in [6.07, 6.45) is 0. The van der Waals surface area contributed by atoms with Crippen LogP contribution < -0.4 is 0 Å². The maximum absolute atomic E-state index is 11.9. The van der Waals surface area contributed by atoms with Crippen LogP contribution in [0.5, 0.6) is 0 Å². The molecule has 0 atom stereocenters. The molecule has 0 spiro atoms. The normalized spacial score (nSPS) is 10.6. The first kappa shape index (κ1) is 21.5. The highest BCUT2D eigenvalue weighted by Crippen LogP contribution is 2.40. The Morgan fingerprint density at radius 2 is 1.59 bits per heavy atom. The van der Waals surface area contributed by atoms with Crippen molar-refractivity contribution in [1.82, 2.24) is 0 Å². The first-order valence-electron chi connectivity index (χ1n) is 8.15. The lowest BCUT2D eigenvalue weighted by atomic mass is 10.2. The number of carbonyl (C=O) groups is 1. The van der Waals surface area contributed by atoms with Crippen molar-refractivity contribution in [1.29, 1.82) is 0 Å². The second kappa shape index (κ2) is 9.54. The Morgan fingerprint density at radius 3 is 2.28 bits per heavy atom. The smallest absolute Gasteiger partial charge is 0.339 e. The van der Waals surface area contributed by atoms with Gasteiger partial charge in [0.1, 0.15) is 0 Å². The molecule has 0 unspecified atom stereocenters. The van der Waals surface area contributed by atoms with Gasteiger partial charge in [0.2, 0.25) is 0 Å². The molecule has 0 saturated heterocycles. The van der Waals surface area contributed by atoms with E-state index in [0.717, 1.165) is 4.90 Å². The molecule has 29 heavy (non-hydrogen) atoms. The fourth-order valence-electron chi connectivity index (χ4n) is 2.42. The fourth-order valence-corrected chi connectivity index (χ4v) is 4.69. The maximum atomic E-state index is 11.9. The Balaban J connectivity index is 1.92. The van der Waals surface area contributed by atoms with Gasteiger partial charge < -0.3 is 4.74 Å². The summed E-state index contributed by atoms with van der Waals surface area (Å²) in [7, 11) is 1.31. The highest BCUT2D eigenvalue weighted by Gasteiger charge is 2.18. The minimum absolute atomic E-state index is 0.0402. The third kappa shape index (κ3) is 5.25. The second-order valence-corrected chi connectivity index (χ2v) is 8.70. The first-order chi connectivity index (χ1) is 13.9. The average Bonchev–Trinajstić information content (AvgIpc) is 2.71. The Labute approximate surface area is 185 Å². The van der Waals surface area contributed by atoms with Crippen molar-refractivity contribution in [3.05, 3.63) is 86.4 Å². The van der Waals surface area contributed by atoms with Gasteiger partial charge in [0.25, 0.3) is 5.69 Å². The van der Waals surface area contributed by atoms with Crippen molar-refractivity contribution >= 4 is 58.4 Å². The summed E-state index contributed by atoms with van der Waals surface area (Å²) < 4.78 is 4.80. The fraction of sp³-hybridized carbons (Fsp3) is 0.0500. The number of hydrogen-bond acceptors (Lipinski definition) is 6. The van der Waals surface area contributed by atoms with Gasteiger partial charge in [-0.15, -0.1) is 0 Å². The monoisotopic (exact) mass is 465 g/mol. The molecule has 0 fully saturated rings. The molecule has 3 aromatic rings. The molecule has 0 saturated carbocycles. The van der Waals surface area contributed by atoms with Crippen LogP contribution in [0.15, 0.2) is 80.2 Å². The van der Waals surface area contributed by atoms with E-state index in [2.05, 4.69) is 0 Å². The number of ether oxygens (including phenoxy) is 1. The highest BCUT2D eigenvalue weighted by atomic mass is 35.5. The van der Waals surface area contributed by atoms with Gasteiger partial charge in [-0.3, -0.25) is 10.1 Å². The van der Waals surface area contributed by atoms with Crippen LogP contribution in [0, 0.1) is 10.1 Å². The Bertz CT molecular complexity index is 1090. The number of halogens is 2. The molecule has 3 aromatic carbocycles. The lowest BCUT2D eigenvalue weighted by Gasteiger charge is -2.09. The molecule has 0 N–H and O–H groups in total. The van der Waals surface area contributed by atoms with E-state index in [1.54, 1.807) is 54.6 Å². The van der Waals surface area contributed by atoms with Crippen molar-refractivity contribution in [2.45, 2.75) is 19.6 Å². The number of methoxy groups -OCH3 is 1. The number of benzene rings is 3. The summed E-state index contributed by atoms with van der Waals surface area (Å²) >= 11 is 14.4. The standard InChI is InChI=1S/C20H13Cl2NO4S2/c1-27-20(24)14-4-2-3-5-18(14)28-13-7-9-19(17(11-13)23(25)26)29-12-6-8-15(21)16(22)10-12/h2-11H,1H3. The van der Waals surface area contributed by atoms with E-state index in [1.165, 1.54) is 36.7 Å². The SMILES string of the molecule is COC(=O)c1ccccc1Sc1ccc(Sc2ccc(Cl)c(Cl)c2)c([N+](=O)[O-])c1. The predicted octanol–water partition coefficient (Wildman–Crippen LogP) is 6.99. The summed E-state index contributed by atoms with van der Waals surface area (Å²) in [5, 5.41) is 12.4. The molecule has 0 heterocycles. The van der Waals surface area contributed by atoms with E-state index in [0.29, 0.717) is 30.3 Å². The van der Waals surface area contributed by atoms with E-state index in [-0.39, 0.29) is 5.69 Å². The van der Waals surface area contributed by atoms with Crippen molar-refractivity contribution in [3.8, 4) is 0 Å². The van der Waals surface area contributed by atoms with Crippen LogP contribution in [0.2, 0.25) is 10.0 Å². The van der Waals surface area contributed by atoms with E-state index in [9.17, 15) is 14.9 Å². The minimum Gasteiger partial charge on any atom is -0.465 e. The number of rotatable bonds is 6. The summed E-state index contributed by atoms with van der Waals surface area (Å²) in [4.78, 5) is 25.6. The zero-order valence-electron chi connectivity index (χ0n) is 14.9.